The van der Waals surface area contributed by atoms with Crippen LogP contribution >= 0.6 is 0 Å². The molecule has 0 atom stereocenters. The van der Waals surface area contributed by atoms with Gasteiger partial charge in [0.25, 0.3) is 0 Å². The summed E-state index contributed by atoms with van der Waals surface area (Å²) in [5.41, 5.74) is 4.14. The smallest absolute Gasteiger partial charge is 0.329 e. The maximum atomic E-state index is 11.9. The first-order chi connectivity index (χ1) is 33.1. The predicted octanol–water partition coefficient (Wildman–Crippen LogP) is 11.0. The molecular weight excluding hydrogens is 991 g/mol. The minimum atomic E-state index is -4.44. The molecule has 0 spiro atoms. The minimum Gasteiger partial charge on any atom is -0.329 e. The Labute approximate surface area is 406 Å². The Kier molecular flexibility index (Phi) is 25.5. The van der Waals surface area contributed by atoms with Gasteiger partial charge in [-0.3, -0.25) is 20.9 Å². The number of anilines is 4. The molecule has 0 saturated heterocycles. The zero-order valence-electron chi connectivity index (χ0n) is 39.9. The normalized spacial score (nSPS) is 11.4. The van der Waals surface area contributed by atoms with E-state index in [4.69, 9.17) is 0 Å². The van der Waals surface area contributed by atoms with E-state index in [1.54, 1.807) is 51.7 Å². The average Bonchev–Trinajstić information content (AvgIpc) is 3.27. The molecule has 0 saturated carbocycles. The third-order valence-corrected chi connectivity index (χ3v) is 8.40. The Balaban J connectivity index is 0.000000480. The van der Waals surface area contributed by atoms with E-state index in [2.05, 4.69) is 46.2 Å². The van der Waals surface area contributed by atoms with Crippen molar-refractivity contribution in [2.24, 2.45) is 0 Å². The van der Waals surface area contributed by atoms with Gasteiger partial charge in [-0.15, -0.1) is 0 Å². The molecule has 0 fully saturated rings. The van der Waals surface area contributed by atoms with Gasteiger partial charge in [-0.1, -0.05) is 73.6 Å². The number of pyridine rings is 1. The molecule has 4 rings (SSSR count). The molecule has 3 aromatic heterocycles. The van der Waals surface area contributed by atoms with Crippen molar-refractivity contribution in [3.8, 4) is 0 Å². The van der Waals surface area contributed by atoms with Gasteiger partial charge in [0, 0.05) is 24.3 Å². The summed E-state index contributed by atoms with van der Waals surface area (Å²) < 4.78 is 142. The summed E-state index contributed by atoms with van der Waals surface area (Å²) in [7, 11) is 0. The highest BCUT2D eigenvalue weighted by Crippen LogP contribution is 2.19. The van der Waals surface area contributed by atoms with Gasteiger partial charge in [0.2, 0.25) is 5.95 Å². The van der Waals surface area contributed by atoms with E-state index >= 15 is 0 Å². The van der Waals surface area contributed by atoms with Crippen LogP contribution in [-0.2, 0) is 0 Å². The first-order valence-electron chi connectivity index (χ1n) is 21.3. The molecule has 1 aromatic carbocycles. The molecule has 29 heteroatoms. The predicted molar refractivity (Wildman–Crippen MR) is 243 cm³/mol. The average molecular weight is 1050 g/mol. The number of hydrogen-bond donors (Lipinski definition) is 8. The number of nitrogens with zero attached hydrogens (tertiary/aromatic N) is 5. The van der Waals surface area contributed by atoms with E-state index in [0.717, 1.165) is 22.4 Å². The van der Waals surface area contributed by atoms with Crippen LogP contribution in [0.1, 0.15) is 101 Å². The van der Waals surface area contributed by atoms with Crippen molar-refractivity contribution in [2.75, 3.05) is 47.4 Å². The van der Waals surface area contributed by atoms with Crippen LogP contribution in [0.15, 0.2) is 67.4 Å². The molecule has 0 aliphatic rings. The number of carbonyl (C=O) groups is 4. The zero-order valence-corrected chi connectivity index (χ0v) is 39.9. The van der Waals surface area contributed by atoms with Gasteiger partial charge in [-0.2, -0.15) is 52.7 Å². The number of benzene rings is 1. The molecule has 0 aliphatic heterocycles. The van der Waals surface area contributed by atoms with Crippen molar-refractivity contribution in [1.29, 1.82) is 0 Å². The van der Waals surface area contributed by atoms with Crippen LogP contribution in [-0.4, -0.2) is 99.9 Å². The zero-order chi connectivity index (χ0) is 55.0. The van der Waals surface area contributed by atoms with E-state index in [0.29, 0.717) is 17.5 Å². The summed E-state index contributed by atoms with van der Waals surface area (Å²) in [4.78, 5) is 63.9. The van der Waals surface area contributed by atoms with Crippen molar-refractivity contribution in [3.05, 3.63) is 89.8 Å². The highest BCUT2D eigenvalue weighted by molar-refractivity contribution is 5.90. The Hall–Kier alpha value is -7.23. The van der Waals surface area contributed by atoms with E-state index in [-0.39, 0.29) is 29.4 Å². The number of halogens is 12. The molecular formula is C43H55F12N13O4. The van der Waals surface area contributed by atoms with Gasteiger partial charge in [0.05, 0.1) is 18.1 Å². The lowest BCUT2D eigenvalue weighted by atomic mass is 10.0. The highest BCUT2D eigenvalue weighted by Gasteiger charge is 2.30. The van der Waals surface area contributed by atoms with Crippen molar-refractivity contribution in [1.82, 2.24) is 46.2 Å². The summed E-state index contributed by atoms with van der Waals surface area (Å²) in [6.45, 7) is 10.3. The van der Waals surface area contributed by atoms with Crippen LogP contribution in [0.3, 0.4) is 0 Å². The van der Waals surface area contributed by atoms with Crippen molar-refractivity contribution in [2.45, 2.75) is 104 Å². The topological polar surface area (TPSA) is 229 Å². The van der Waals surface area contributed by atoms with Crippen LogP contribution < -0.4 is 42.5 Å². The molecule has 8 amide bonds. The molecule has 3 heterocycles. The third-order valence-electron chi connectivity index (χ3n) is 8.40. The second-order valence-electron chi connectivity index (χ2n) is 16.1. The number of alkyl halides is 12. The number of hydrogen-bond acceptors (Lipinski definition) is 9. The first kappa shape index (κ1) is 62.8. The fourth-order valence-electron chi connectivity index (χ4n) is 4.54. The Morgan fingerprint density at radius 2 is 0.750 bits per heavy atom. The van der Waals surface area contributed by atoms with Gasteiger partial charge < -0.3 is 26.6 Å². The second-order valence-corrected chi connectivity index (χ2v) is 16.1. The molecule has 8 N–H and O–H groups in total. The first-order valence-corrected chi connectivity index (χ1v) is 21.3. The molecule has 0 aliphatic carbocycles. The van der Waals surface area contributed by atoms with Crippen molar-refractivity contribution in [3.63, 3.8) is 0 Å². The quantitative estimate of drug-likeness (QED) is 0.0630. The van der Waals surface area contributed by atoms with Gasteiger partial charge in [0.1, 0.15) is 32.0 Å². The molecule has 0 bridgehead atoms. The van der Waals surface area contributed by atoms with Crippen molar-refractivity contribution >= 4 is 47.4 Å². The lowest BCUT2D eigenvalue weighted by Gasteiger charge is -2.11. The standard InChI is InChI=1S/C12H15F3N2O.C11H14F3N3O.2C10H13F3N4O/c1-8(2)9-3-5-10(6-4-9)17-11(18)16-7-12(13,14)15;1-7(2)8-3-4-9(15-5-8)17-10(18)16-6-11(12,13)14;1-6(2)7-3-15-8(4-14-7)17-9(18)16-5-10(11,12)13;1-6(2)7-3-14-8(15-4-7)17-9(18)16-5-10(11,12)13/h3-6,8H,7H2,1-2H3,(H2,16,17,18);3-5,7H,6H2,1-2H3,(H2,15,16,17,18);3-4,6H,5H2,1-2H3,(H2,15,16,17,18);3-4,6H,5H2,1-2H3,(H2,14,15,16,17,18). The minimum absolute atomic E-state index is 0.0425. The molecule has 72 heavy (non-hydrogen) atoms. The maximum Gasteiger partial charge on any atom is 0.405 e. The van der Waals surface area contributed by atoms with E-state index in [1.807, 2.05) is 67.5 Å². The highest BCUT2D eigenvalue weighted by atomic mass is 19.4. The van der Waals surface area contributed by atoms with Crippen LogP contribution in [0.4, 0.5) is 95.1 Å². The Morgan fingerprint density at radius 1 is 0.389 bits per heavy atom. The molecule has 400 valence electrons. The largest absolute Gasteiger partial charge is 0.405 e. The van der Waals surface area contributed by atoms with Gasteiger partial charge in [-0.05, 0) is 58.6 Å². The molecule has 17 nitrogen and oxygen atoms in total. The van der Waals surface area contributed by atoms with Gasteiger partial charge in [0.15, 0.2) is 5.82 Å². The van der Waals surface area contributed by atoms with Gasteiger partial charge >= 0.3 is 48.8 Å². The SMILES string of the molecule is CC(C)c1ccc(NC(=O)NCC(F)(F)F)cc1.CC(C)c1ccc(NC(=O)NCC(F)(F)F)nc1.CC(C)c1cnc(NC(=O)NCC(F)(F)F)cn1.CC(C)c1cnc(NC(=O)NCC(F)(F)F)nc1. The summed E-state index contributed by atoms with van der Waals surface area (Å²) in [5, 5.41) is 15.6. The third kappa shape index (κ3) is 30.4. The summed E-state index contributed by atoms with van der Waals surface area (Å²) in [6, 6.07) is 6.49. The van der Waals surface area contributed by atoms with Gasteiger partial charge in [-0.25, -0.2) is 39.1 Å². The summed E-state index contributed by atoms with van der Waals surface area (Å²) in [6.07, 6.45) is -10.4. The monoisotopic (exact) mass is 1050 g/mol. The van der Waals surface area contributed by atoms with Crippen LogP contribution in [0.5, 0.6) is 0 Å². The van der Waals surface area contributed by atoms with E-state index < -0.39 is 75.0 Å². The van der Waals surface area contributed by atoms with Crippen LogP contribution in [0, 0.1) is 0 Å². The summed E-state index contributed by atoms with van der Waals surface area (Å²) in [5.74, 6) is 1.34. The fourth-order valence-corrected chi connectivity index (χ4v) is 4.54. The molecule has 0 unspecified atom stereocenters. The maximum absolute atomic E-state index is 11.9. The van der Waals surface area contributed by atoms with E-state index in [9.17, 15) is 71.9 Å². The number of aromatic nitrogens is 5. The number of carbonyl (C=O) groups excluding carboxylic acids is 4. The van der Waals surface area contributed by atoms with E-state index in [1.165, 1.54) is 24.8 Å². The molecule has 4 aromatic rings. The van der Waals surface area contributed by atoms with Crippen LogP contribution in [0.25, 0.3) is 0 Å². The Morgan fingerprint density at radius 3 is 1.10 bits per heavy atom. The number of nitrogens with one attached hydrogen (secondary N) is 8. The Bertz CT molecular complexity index is 1920. The number of amides is 8. The lowest BCUT2D eigenvalue weighted by molar-refractivity contribution is -0.123. The lowest BCUT2D eigenvalue weighted by Crippen LogP contribution is -2.37. The second kappa shape index (κ2) is 29.2. The van der Waals surface area contributed by atoms with Crippen LogP contribution in [0.2, 0.25) is 0 Å². The summed E-state index contributed by atoms with van der Waals surface area (Å²) >= 11 is 0. The number of rotatable bonds is 12. The molecule has 0 radical (unpaired) electrons. The number of urea groups is 4. The van der Waals surface area contributed by atoms with Crippen molar-refractivity contribution < 1.29 is 71.9 Å². The fraction of sp³-hybridized carbons (Fsp3) is 0.465.